The van der Waals surface area contributed by atoms with Crippen LogP contribution >= 0.6 is 0 Å². The molecule has 0 spiro atoms. The standard InChI is InChI=1S/C20H33NO/c1-4-6-7-8-9-10-11-12-17-21(3)20(22)19-15-13-18(5-2)14-16-19/h13-16H,4-12,17H2,1-3H3. The molecular formula is C20H33NO. The average molecular weight is 303 g/mol. The largest absolute Gasteiger partial charge is 0.342 e. The summed E-state index contributed by atoms with van der Waals surface area (Å²) in [7, 11) is 1.91. The molecule has 1 amide bonds. The van der Waals surface area contributed by atoms with Gasteiger partial charge in [0.25, 0.3) is 5.91 Å². The molecule has 0 radical (unpaired) electrons. The third-order valence-electron chi connectivity index (χ3n) is 4.30. The molecule has 1 aromatic carbocycles. The van der Waals surface area contributed by atoms with Crippen molar-refractivity contribution in [2.75, 3.05) is 13.6 Å². The Labute approximate surface area is 136 Å². The highest BCUT2D eigenvalue weighted by Gasteiger charge is 2.10. The molecule has 124 valence electrons. The minimum absolute atomic E-state index is 0.144. The fraction of sp³-hybridized carbons (Fsp3) is 0.650. The number of carbonyl (C=O) groups is 1. The molecule has 0 saturated heterocycles. The van der Waals surface area contributed by atoms with Crippen molar-refractivity contribution in [3.8, 4) is 0 Å². The summed E-state index contributed by atoms with van der Waals surface area (Å²) in [5, 5.41) is 0. The summed E-state index contributed by atoms with van der Waals surface area (Å²) in [6, 6.07) is 8.01. The Bertz CT molecular complexity index is 410. The van der Waals surface area contributed by atoms with Crippen molar-refractivity contribution in [1.82, 2.24) is 4.90 Å². The maximum Gasteiger partial charge on any atom is 0.253 e. The quantitative estimate of drug-likeness (QED) is 0.497. The third-order valence-corrected chi connectivity index (χ3v) is 4.30. The first-order valence-corrected chi connectivity index (χ1v) is 9.03. The molecule has 0 heterocycles. The van der Waals surface area contributed by atoms with Crippen LogP contribution in [-0.4, -0.2) is 24.4 Å². The molecule has 0 unspecified atom stereocenters. The van der Waals surface area contributed by atoms with Crippen LogP contribution in [0.1, 0.15) is 81.1 Å². The van der Waals surface area contributed by atoms with Crippen molar-refractivity contribution in [3.63, 3.8) is 0 Å². The van der Waals surface area contributed by atoms with Gasteiger partial charge in [-0.1, -0.05) is 70.9 Å². The molecule has 0 aliphatic rings. The van der Waals surface area contributed by atoms with Gasteiger partial charge in [-0.3, -0.25) is 4.79 Å². The summed E-state index contributed by atoms with van der Waals surface area (Å²) in [6.07, 6.45) is 11.4. The molecule has 0 saturated carbocycles. The van der Waals surface area contributed by atoms with Gasteiger partial charge in [0.15, 0.2) is 0 Å². The molecule has 2 heteroatoms. The van der Waals surface area contributed by atoms with Crippen molar-refractivity contribution in [2.45, 2.75) is 71.6 Å². The first-order valence-electron chi connectivity index (χ1n) is 9.03. The van der Waals surface area contributed by atoms with Gasteiger partial charge in [-0.25, -0.2) is 0 Å². The van der Waals surface area contributed by atoms with E-state index < -0.39 is 0 Å². The zero-order valence-electron chi connectivity index (χ0n) is 14.7. The lowest BCUT2D eigenvalue weighted by atomic mass is 10.1. The van der Waals surface area contributed by atoms with Gasteiger partial charge >= 0.3 is 0 Å². The Balaban J connectivity index is 2.18. The Morgan fingerprint density at radius 1 is 0.864 bits per heavy atom. The predicted molar refractivity (Wildman–Crippen MR) is 95.4 cm³/mol. The second-order valence-electron chi connectivity index (χ2n) is 6.25. The number of amides is 1. The van der Waals surface area contributed by atoms with Crippen LogP contribution in [0, 0.1) is 0 Å². The van der Waals surface area contributed by atoms with Crippen LogP contribution in [0.5, 0.6) is 0 Å². The van der Waals surface area contributed by atoms with E-state index in [4.69, 9.17) is 0 Å². The summed E-state index contributed by atoms with van der Waals surface area (Å²) in [5.74, 6) is 0.144. The van der Waals surface area contributed by atoms with Crippen molar-refractivity contribution in [1.29, 1.82) is 0 Å². The first-order chi connectivity index (χ1) is 10.7. The van der Waals surface area contributed by atoms with E-state index in [0.29, 0.717) is 0 Å². The van der Waals surface area contributed by atoms with Crippen LogP contribution in [0.15, 0.2) is 24.3 Å². The maximum atomic E-state index is 12.3. The maximum absolute atomic E-state index is 12.3. The molecular weight excluding hydrogens is 270 g/mol. The minimum atomic E-state index is 0.144. The number of rotatable bonds is 11. The number of hydrogen-bond acceptors (Lipinski definition) is 1. The van der Waals surface area contributed by atoms with E-state index in [0.717, 1.165) is 24.9 Å². The van der Waals surface area contributed by atoms with E-state index in [1.165, 1.54) is 50.5 Å². The van der Waals surface area contributed by atoms with E-state index in [2.05, 4.69) is 26.0 Å². The molecule has 2 nitrogen and oxygen atoms in total. The SMILES string of the molecule is CCCCCCCCCCN(C)C(=O)c1ccc(CC)cc1. The van der Waals surface area contributed by atoms with E-state index in [1.807, 2.05) is 24.1 Å². The molecule has 0 bridgehead atoms. The van der Waals surface area contributed by atoms with Gasteiger partial charge < -0.3 is 4.90 Å². The zero-order valence-corrected chi connectivity index (χ0v) is 14.7. The normalized spacial score (nSPS) is 10.7. The van der Waals surface area contributed by atoms with Gasteiger partial charge in [0.2, 0.25) is 0 Å². The molecule has 0 fully saturated rings. The Morgan fingerprint density at radius 3 is 1.95 bits per heavy atom. The summed E-state index contributed by atoms with van der Waals surface area (Å²) >= 11 is 0. The van der Waals surface area contributed by atoms with E-state index in [9.17, 15) is 4.79 Å². The number of nitrogens with zero attached hydrogens (tertiary/aromatic N) is 1. The fourth-order valence-electron chi connectivity index (χ4n) is 2.69. The van der Waals surface area contributed by atoms with Crippen LogP contribution in [0.3, 0.4) is 0 Å². The smallest absolute Gasteiger partial charge is 0.253 e. The topological polar surface area (TPSA) is 20.3 Å². The van der Waals surface area contributed by atoms with E-state index in [-0.39, 0.29) is 5.91 Å². The third kappa shape index (κ3) is 7.11. The summed E-state index contributed by atoms with van der Waals surface area (Å²) in [6.45, 7) is 5.25. The summed E-state index contributed by atoms with van der Waals surface area (Å²) < 4.78 is 0. The second kappa shape index (κ2) is 11.3. The predicted octanol–water partition coefficient (Wildman–Crippen LogP) is 5.46. The van der Waals surface area contributed by atoms with Gasteiger partial charge in [0.1, 0.15) is 0 Å². The zero-order chi connectivity index (χ0) is 16.2. The Hall–Kier alpha value is -1.31. The van der Waals surface area contributed by atoms with Crippen molar-refractivity contribution >= 4 is 5.91 Å². The van der Waals surface area contributed by atoms with E-state index >= 15 is 0 Å². The number of hydrogen-bond donors (Lipinski definition) is 0. The number of carbonyl (C=O) groups excluding carboxylic acids is 1. The lowest BCUT2D eigenvalue weighted by Gasteiger charge is -2.17. The van der Waals surface area contributed by atoms with Crippen molar-refractivity contribution < 1.29 is 4.79 Å². The average Bonchev–Trinajstić information content (AvgIpc) is 2.56. The highest BCUT2D eigenvalue weighted by Crippen LogP contribution is 2.11. The number of aryl methyl sites for hydroxylation is 1. The van der Waals surface area contributed by atoms with Crippen molar-refractivity contribution in [2.24, 2.45) is 0 Å². The lowest BCUT2D eigenvalue weighted by molar-refractivity contribution is 0.0792. The highest BCUT2D eigenvalue weighted by atomic mass is 16.2. The van der Waals surface area contributed by atoms with Gasteiger partial charge in [0.05, 0.1) is 0 Å². The van der Waals surface area contributed by atoms with Gasteiger partial charge in [-0.05, 0) is 30.5 Å². The van der Waals surface area contributed by atoms with Crippen LogP contribution < -0.4 is 0 Å². The second-order valence-corrected chi connectivity index (χ2v) is 6.25. The molecule has 22 heavy (non-hydrogen) atoms. The van der Waals surface area contributed by atoms with Crippen LogP contribution in [0.25, 0.3) is 0 Å². The lowest BCUT2D eigenvalue weighted by Crippen LogP contribution is -2.27. The summed E-state index contributed by atoms with van der Waals surface area (Å²) in [5.41, 5.74) is 2.08. The van der Waals surface area contributed by atoms with E-state index in [1.54, 1.807) is 0 Å². The molecule has 1 aromatic rings. The van der Waals surface area contributed by atoms with Gasteiger partial charge in [0, 0.05) is 19.2 Å². The minimum Gasteiger partial charge on any atom is -0.342 e. The first kappa shape index (κ1) is 18.7. The molecule has 0 aromatic heterocycles. The Kier molecular flexibility index (Phi) is 9.61. The van der Waals surface area contributed by atoms with Crippen LogP contribution in [0.4, 0.5) is 0 Å². The van der Waals surface area contributed by atoms with Crippen LogP contribution in [-0.2, 0) is 6.42 Å². The molecule has 0 N–H and O–H groups in total. The molecule has 0 aliphatic carbocycles. The monoisotopic (exact) mass is 303 g/mol. The molecule has 0 aliphatic heterocycles. The van der Waals surface area contributed by atoms with Gasteiger partial charge in [-0.15, -0.1) is 0 Å². The molecule has 0 atom stereocenters. The van der Waals surface area contributed by atoms with Crippen LogP contribution in [0.2, 0.25) is 0 Å². The highest BCUT2D eigenvalue weighted by molar-refractivity contribution is 5.94. The number of benzene rings is 1. The summed E-state index contributed by atoms with van der Waals surface area (Å²) in [4.78, 5) is 14.2. The number of unbranched alkanes of at least 4 members (excludes halogenated alkanes) is 7. The van der Waals surface area contributed by atoms with Gasteiger partial charge in [-0.2, -0.15) is 0 Å². The Morgan fingerprint density at radius 2 is 1.41 bits per heavy atom. The molecule has 1 rings (SSSR count). The van der Waals surface area contributed by atoms with Crippen molar-refractivity contribution in [3.05, 3.63) is 35.4 Å². The fourth-order valence-corrected chi connectivity index (χ4v) is 2.69.